The third-order valence-electron chi connectivity index (χ3n) is 3.08. The lowest BCUT2D eigenvalue weighted by Gasteiger charge is -2.42. The van der Waals surface area contributed by atoms with E-state index in [4.69, 9.17) is 5.11 Å². The number of aliphatic carboxylic acids is 1. The van der Waals surface area contributed by atoms with Crippen molar-refractivity contribution >= 4 is 12.0 Å². The van der Waals surface area contributed by atoms with Crippen LogP contribution in [0.25, 0.3) is 0 Å². The molecule has 1 atom stereocenters. The highest BCUT2D eigenvalue weighted by Crippen LogP contribution is 2.34. The molecular formula is C10H18N2O3. The van der Waals surface area contributed by atoms with Gasteiger partial charge in [-0.15, -0.1) is 0 Å². The molecule has 15 heavy (non-hydrogen) atoms. The maximum Gasteiger partial charge on any atom is 0.325 e. The van der Waals surface area contributed by atoms with Crippen LogP contribution in [0, 0.1) is 0 Å². The van der Waals surface area contributed by atoms with Crippen LogP contribution in [0.1, 0.15) is 39.5 Å². The van der Waals surface area contributed by atoms with Gasteiger partial charge in [-0.05, 0) is 32.6 Å². The molecule has 5 nitrogen and oxygen atoms in total. The third kappa shape index (κ3) is 2.84. The van der Waals surface area contributed by atoms with Crippen LogP contribution in [-0.4, -0.2) is 28.7 Å². The van der Waals surface area contributed by atoms with Crippen molar-refractivity contribution in [2.75, 3.05) is 0 Å². The minimum atomic E-state index is -1.02. The summed E-state index contributed by atoms with van der Waals surface area (Å²) >= 11 is 0. The summed E-state index contributed by atoms with van der Waals surface area (Å²) in [5.41, 5.74) is -0.0949. The van der Waals surface area contributed by atoms with Gasteiger partial charge in [-0.2, -0.15) is 0 Å². The van der Waals surface area contributed by atoms with E-state index < -0.39 is 12.0 Å². The summed E-state index contributed by atoms with van der Waals surface area (Å²) in [7, 11) is 0. The Balaban J connectivity index is 2.38. The van der Waals surface area contributed by atoms with Gasteiger partial charge < -0.3 is 15.7 Å². The first-order chi connectivity index (χ1) is 6.99. The van der Waals surface area contributed by atoms with Crippen LogP contribution in [0.3, 0.4) is 0 Å². The highest BCUT2D eigenvalue weighted by molar-refractivity contribution is 5.82. The number of rotatable bonds is 4. The first-order valence-electron chi connectivity index (χ1n) is 5.30. The Morgan fingerprint density at radius 3 is 2.40 bits per heavy atom. The van der Waals surface area contributed by atoms with Crippen molar-refractivity contribution in [3.63, 3.8) is 0 Å². The van der Waals surface area contributed by atoms with Gasteiger partial charge in [0, 0.05) is 5.54 Å². The quantitative estimate of drug-likeness (QED) is 0.655. The van der Waals surface area contributed by atoms with Gasteiger partial charge in [-0.3, -0.25) is 4.79 Å². The Labute approximate surface area is 89.2 Å². The molecule has 1 saturated carbocycles. The molecule has 1 rings (SSSR count). The zero-order valence-corrected chi connectivity index (χ0v) is 9.17. The van der Waals surface area contributed by atoms with Crippen LogP contribution < -0.4 is 10.6 Å². The monoisotopic (exact) mass is 214 g/mol. The predicted octanol–water partition coefficient (Wildman–Crippen LogP) is 1.09. The van der Waals surface area contributed by atoms with Crippen molar-refractivity contribution in [3.8, 4) is 0 Å². The fourth-order valence-electron chi connectivity index (χ4n) is 1.71. The Morgan fingerprint density at radius 1 is 1.47 bits per heavy atom. The standard InChI is InChI=1S/C10H18N2O3/c1-3-10(5-4-6-10)12-9(15)11-7(2)8(13)14/h7H,3-6H2,1-2H3,(H,13,14)(H2,11,12,15). The molecule has 3 N–H and O–H groups in total. The van der Waals surface area contributed by atoms with Crippen LogP contribution in [0.15, 0.2) is 0 Å². The first kappa shape index (κ1) is 11.8. The van der Waals surface area contributed by atoms with Gasteiger partial charge in [0.25, 0.3) is 0 Å². The second-order valence-corrected chi connectivity index (χ2v) is 4.15. The molecule has 0 aliphatic heterocycles. The molecule has 1 aliphatic rings. The van der Waals surface area contributed by atoms with Crippen LogP contribution in [0.5, 0.6) is 0 Å². The van der Waals surface area contributed by atoms with E-state index in [9.17, 15) is 9.59 Å². The van der Waals surface area contributed by atoms with Crippen LogP contribution in [0.2, 0.25) is 0 Å². The Bertz CT molecular complexity index is 256. The zero-order valence-electron chi connectivity index (χ0n) is 9.17. The highest BCUT2D eigenvalue weighted by Gasteiger charge is 2.36. The number of hydrogen-bond donors (Lipinski definition) is 3. The number of carbonyl (C=O) groups is 2. The van der Waals surface area contributed by atoms with Crippen molar-refractivity contribution in [1.29, 1.82) is 0 Å². The zero-order chi connectivity index (χ0) is 11.5. The van der Waals surface area contributed by atoms with Crippen molar-refractivity contribution in [2.45, 2.75) is 51.1 Å². The molecule has 0 saturated heterocycles. The number of carboxylic acid groups (broad SMARTS) is 1. The molecule has 1 aliphatic carbocycles. The number of hydrogen-bond acceptors (Lipinski definition) is 2. The molecule has 0 bridgehead atoms. The van der Waals surface area contributed by atoms with E-state index in [0.717, 1.165) is 25.7 Å². The molecule has 86 valence electrons. The fourth-order valence-corrected chi connectivity index (χ4v) is 1.71. The van der Waals surface area contributed by atoms with Crippen LogP contribution in [0.4, 0.5) is 4.79 Å². The molecule has 0 heterocycles. The summed E-state index contributed by atoms with van der Waals surface area (Å²) in [5.74, 6) is -1.02. The summed E-state index contributed by atoms with van der Waals surface area (Å²) in [6, 6.07) is -1.23. The smallest absolute Gasteiger partial charge is 0.325 e. The summed E-state index contributed by atoms with van der Waals surface area (Å²) in [6.45, 7) is 3.47. The molecule has 0 spiro atoms. The maximum absolute atomic E-state index is 11.4. The molecular weight excluding hydrogens is 196 g/mol. The predicted molar refractivity (Wildman–Crippen MR) is 55.6 cm³/mol. The van der Waals surface area contributed by atoms with Gasteiger partial charge in [-0.25, -0.2) is 4.79 Å². The van der Waals surface area contributed by atoms with Crippen molar-refractivity contribution < 1.29 is 14.7 Å². The number of amides is 2. The van der Waals surface area contributed by atoms with Crippen LogP contribution >= 0.6 is 0 Å². The van der Waals surface area contributed by atoms with Gasteiger partial charge in [0.1, 0.15) is 6.04 Å². The van der Waals surface area contributed by atoms with E-state index in [2.05, 4.69) is 10.6 Å². The molecule has 5 heteroatoms. The lowest BCUT2D eigenvalue weighted by molar-refractivity contribution is -0.138. The van der Waals surface area contributed by atoms with E-state index in [1.54, 1.807) is 0 Å². The van der Waals surface area contributed by atoms with Crippen molar-refractivity contribution in [1.82, 2.24) is 10.6 Å². The third-order valence-corrected chi connectivity index (χ3v) is 3.08. The average Bonchev–Trinajstić information content (AvgIpc) is 2.11. The molecule has 0 aromatic carbocycles. The minimum Gasteiger partial charge on any atom is -0.480 e. The number of urea groups is 1. The molecule has 0 aromatic rings. The Hall–Kier alpha value is -1.26. The Kier molecular flexibility index (Phi) is 3.55. The highest BCUT2D eigenvalue weighted by atomic mass is 16.4. The summed E-state index contributed by atoms with van der Waals surface area (Å²) in [6.07, 6.45) is 3.99. The van der Waals surface area contributed by atoms with E-state index >= 15 is 0 Å². The molecule has 0 radical (unpaired) electrons. The van der Waals surface area contributed by atoms with Crippen LogP contribution in [-0.2, 0) is 4.79 Å². The first-order valence-corrected chi connectivity index (χ1v) is 5.30. The van der Waals surface area contributed by atoms with Gasteiger partial charge in [0.15, 0.2) is 0 Å². The minimum absolute atomic E-state index is 0.0949. The molecule has 2 amide bonds. The second-order valence-electron chi connectivity index (χ2n) is 4.15. The fraction of sp³-hybridized carbons (Fsp3) is 0.800. The van der Waals surface area contributed by atoms with E-state index in [1.165, 1.54) is 6.92 Å². The average molecular weight is 214 g/mol. The van der Waals surface area contributed by atoms with Gasteiger partial charge in [0.05, 0.1) is 0 Å². The molecule has 0 aromatic heterocycles. The topological polar surface area (TPSA) is 78.4 Å². The summed E-state index contributed by atoms with van der Waals surface area (Å²) in [4.78, 5) is 22.0. The summed E-state index contributed by atoms with van der Waals surface area (Å²) < 4.78 is 0. The van der Waals surface area contributed by atoms with E-state index in [1.807, 2.05) is 6.92 Å². The van der Waals surface area contributed by atoms with Gasteiger partial charge >= 0.3 is 12.0 Å². The number of nitrogens with one attached hydrogen (secondary N) is 2. The lowest BCUT2D eigenvalue weighted by Crippen LogP contribution is -2.57. The van der Waals surface area contributed by atoms with Crippen molar-refractivity contribution in [2.24, 2.45) is 0 Å². The molecule has 1 fully saturated rings. The number of carboxylic acids is 1. The second kappa shape index (κ2) is 4.51. The largest absolute Gasteiger partial charge is 0.480 e. The normalized spacial score (nSPS) is 19.9. The van der Waals surface area contributed by atoms with E-state index in [0.29, 0.717) is 0 Å². The van der Waals surface area contributed by atoms with Gasteiger partial charge in [-0.1, -0.05) is 6.92 Å². The lowest BCUT2D eigenvalue weighted by atomic mass is 9.75. The van der Waals surface area contributed by atoms with Gasteiger partial charge in [0.2, 0.25) is 0 Å². The summed E-state index contributed by atoms with van der Waals surface area (Å²) in [5, 5.41) is 13.9. The molecule has 1 unspecified atom stereocenters. The maximum atomic E-state index is 11.4. The number of carbonyl (C=O) groups excluding carboxylic acids is 1. The van der Waals surface area contributed by atoms with E-state index in [-0.39, 0.29) is 11.6 Å². The Morgan fingerprint density at radius 2 is 2.07 bits per heavy atom. The van der Waals surface area contributed by atoms with Crippen molar-refractivity contribution in [3.05, 3.63) is 0 Å². The SMILES string of the molecule is CCC1(NC(=O)NC(C)C(=O)O)CCC1.